The van der Waals surface area contributed by atoms with Crippen molar-refractivity contribution in [2.75, 3.05) is 38.2 Å². The Morgan fingerprint density at radius 2 is 1.97 bits per heavy atom. The molecule has 1 aromatic carbocycles. The van der Waals surface area contributed by atoms with Gasteiger partial charge in [-0.3, -0.25) is 4.79 Å². The summed E-state index contributed by atoms with van der Waals surface area (Å²) in [6.07, 6.45) is 1.63. The Balaban J connectivity index is 0.00000132. The molecule has 162 valence electrons. The number of nitriles is 1. The second-order valence-electron chi connectivity index (χ2n) is 6.68. The summed E-state index contributed by atoms with van der Waals surface area (Å²) < 4.78 is 6.79. The van der Waals surface area contributed by atoms with Crippen LogP contribution in [0.3, 0.4) is 0 Å². The molecule has 0 N–H and O–H groups in total. The van der Waals surface area contributed by atoms with Gasteiger partial charge >= 0.3 is 0 Å². The quantitative estimate of drug-likeness (QED) is 0.618. The van der Waals surface area contributed by atoms with Gasteiger partial charge in [-0.25, -0.2) is 9.67 Å². The zero-order valence-electron chi connectivity index (χ0n) is 17.9. The second kappa shape index (κ2) is 10.1. The van der Waals surface area contributed by atoms with Crippen LogP contribution < -0.4 is 9.64 Å². The topological polar surface area (TPSA) is 87.3 Å². The molecule has 1 fully saturated rings. The third-order valence-corrected chi connectivity index (χ3v) is 5.34. The molecule has 0 atom stereocenters. The summed E-state index contributed by atoms with van der Waals surface area (Å²) in [5.74, 6) is 0.590. The average molecular weight is 441 g/mol. The van der Waals surface area contributed by atoms with Crippen molar-refractivity contribution >= 4 is 34.2 Å². The van der Waals surface area contributed by atoms with Gasteiger partial charge in [-0.15, -0.1) is 0 Å². The Kier molecular flexibility index (Phi) is 7.32. The van der Waals surface area contributed by atoms with Crippen molar-refractivity contribution in [1.29, 1.82) is 5.26 Å². The number of piperazine rings is 1. The van der Waals surface area contributed by atoms with E-state index in [0.717, 1.165) is 5.69 Å². The third-order valence-electron chi connectivity index (χ3n) is 5.03. The maximum atomic E-state index is 12.8. The number of pyridine rings is 1. The van der Waals surface area contributed by atoms with E-state index < -0.39 is 0 Å². The molecule has 1 aliphatic rings. The molecule has 0 spiro atoms. The first-order valence-corrected chi connectivity index (χ1v) is 10.6. The fourth-order valence-electron chi connectivity index (χ4n) is 3.49. The van der Waals surface area contributed by atoms with Gasteiger partial charge in [0.25, 0.3) is 0 Å². The van der Waals surface area contributed by atoms with Crippen molar-refractivity contribution in [3.8, 4) is 11.8 Å². The van der Waals surface area contributed by atoms with Crippen LogP contribution in [0.5, 0.6) is 5.75 Å². The normalized spacial score (nSPS) is 13.4. The first-order chi connectivity index (χ1) is 15.1. The number of rotatable bonds is 4. The lowest BCUT2D eigenvalue weighted by atomic mass is 10.2. The van der Waals surface area contributed by atoms with Gasteiger partial charge in [-0.1, -0.05) is 25.4 Å². The van der Waals surface area contributed by atoms with Crippen molar-refractivity contribution in [2.45, 2.75) is 20.4 Å². The van der Waals surface area contributed by atoms with E-state index in [1.807, 2.05) is 36.9 Å². The van der Waals surface area contributed by atoms with Crippen LogP contribution in [0.25, 0.3) is 11.0 Å². The van der Waals surface area contributed by atoms with Crippen LogP contribution >= 0.6 is 11.6 Å². The van der Waals surface area contributed by atoms with Gasteiger partial charge in [-0.05, 0) is 24.3 Å². The summed E-state index contributed by atoms with van der Waals surface area (Å²) >= 11 is 6.10. The van der Waals surface area contributed by atoms with Crippen LogP contribution in [0.15, 0.2) is 36.5 Å². The van der Waals surface area contributed by atoms with Crippen molar-refractivity contribution in [2.24, 2.45) is 0 Å². The van der Waals surface area contributed by atoms with Crippen LogP contribution in [0.4, 0.5) is 5.69 Å². The number of methoxy groups -OCH3 is 1. The summed E-state index contributed by atoms with van der Waals surface area (Å²) in [4.78, 5) is 21.1. The largest absolute Gasteiger partial charge is 0.495 e. The Bertz CT molecular complexity index is 1100. The number of aromatic nitrogens is 3. The lowest BCUT2D eigenvalue weighted by Gasteiger charge is -2.36. The summed E-state index contributed by atoms with van der Waals surface area (Å²) in [7, 11) is 1.59. The maximum absolute atomic E-state index is 12.8. The minimum atomic E-state index is -0.0436. The highest BCUT2D eigenvalue weighted by molar-refractivity contribution is 6.32. The summed E-state index contributed by atoms with van der Waals surface area (Å²) in [6.45, 7) is 6.67. The van der Waals surface area contributed by atoms with E-state index in [-0.39, 0.29) is 18.1 Å². The molecular formula is C22H25ClN6O2. The number of hydrogen-bond acceptors (Lipinski definition) is 6. The zero-order valence-corrected chi connectivity index (χ0v) is 18.6. The minimum Gasteiger partial charge on any atom is -0.495 e. The number of benzene rings is 1. The number of carbonyl (C=O) groups is 1. The van der Waals surface area contributed by atoms with Crippen LogP contribution in [-0.2, 0) is 11.3 Å². The van der Waals surface area contributed by atoms with E-state index in [0.29, 0.717) is 48.0 Å². The Hall–Kier alpha value is -3.31. The number of carbonyl (C=O) groups excluding carboxylic acids is 1. The molecule has 1 amide bonds. The molecule has 8 nitrogen and oxygen atoms in total. The van der Waals surface area contributed by atoms with Crippen molar-refractivity contribution < 1.29 is 9.53 Å². The van der Waals surface area contributed by atoms with E-state index >= 15 is 0 Å². The highest BCUT2D eigenvalue weighted by Gasteiger charge is 2.23. The number of ether oxygens (including phenoxy) is 1. The molecule has 9 heteroatoms. The van der Waals surface area contributed by atoms with Crippen LogP contribution in [0.1, 0.15) is 19.5 Å². The molecule has 4 rings (SSSR count). The van der Waals surface area contributed by atoms with Gasteiger partial charge in [0.2, 0.25) is 5.91 Å². The van der Waals surface area contributed by atoms with E-state index in [9.17, 15) is 10.1 Å². The molecule has 3 heterocycles. The van der Waals surface area contributed by atoms with Crippen molar-refractivity contribution in [3.05, 3.63) is 47.2 Å². The third kappa shape index (κ3) is 4.72. The number of hydrogen-bond donors (Lipinski definition) is 0. The molecule has 0 aliphatic carbocycles. The molecule has 2 aromatic heterocycles. The summed E-state index contributed by atoms with van der Waals surface area (Å²) in [6, 6.07) is 11.3. The molecule has 3 aromatic rings. The van der Waals surface area contributed by atoms with Crippen molar-refractivity contribution in [3.63, 3.8) is 0 Å². The Morgan fingerprint density at radius 1 is 1.23 bits per heavy atom. The average Bonchev–Trinajstić information content (AvgIpc) is 3.18. The minimum absolute atomic E-state index is 0.0436. The molecular weight excluding hydrogens is 416 g/mol. The van der Waals surface area contributed by atoms with Gasteiger partial charge in [0.15, 0.2) is 11.3 Å². The Morgan fingerprint density at radius 3 is 2.65 bits per heavy atom. The maximum Gasteiger partial charge on any atom is 0.244 e. The van der Waals surface area contributed by atoms with E-state index in [1.54, 1.807) is 25.4 Å². The number of amides is 1. The lowest BCUT2D eigenvalue weighted by Crippen LogP contribution is -2.49. The summed E-state index contributed by atoms with van der Waals surface area (Å²) in [5.41, 5.74) is 1.84. The second-order valence-corrected chi connectivity index (χ2v) is 7.09. The van der Waals surface area contributed by atoms with Crippen molar-refractivity contribution in [1.82, 2.24) is 19.7 Å². The molecule has 1 aliphatic heterocycles. The van der Waals surface area contributed by atoms with Crippen LogP contribution in [0.2, 0.25) is 5.02 Å². The predicted molar refractivity (Wildman–Crippen MR) is 120 cm³/mol. The van der Waals surface area contributed by atoms with E-state index in [1.165, 1.54) is 4.68 Å². The molecule has 1 saturated heterocycles. The zero-order chi connectivity index (χ0) is 22.4. The highest BCUT2D eigenvalue weighted by atomic mass is 35.5. The molecule has 0 saturated carbocycles. The fraction of sp³-hybridized carbons (Fsp3) is 0.364. The Labute approximate surface area is 186 Å². The smallest absolute Gasteiger partial charge is 0.244 e. The van der Waals surface area contributed by atoms with Crippen LogP contribution in [-0.4, -0.2) is 58.9 Å². The highest BCUT2D eigenvalue weighted by Crippen LogP contribution is 2.29. The number of nitrogens with zero attached hydrogens (tertiary/aromatic N) is 6. The standard InChI is InChI=1S/C20H19ClN6O2.C2H6/c1-29-18-11-14(4-5-16(18)21)25-7-9-26(10-8-25)19(28)13-27-20-15(3-2-6-23-20)17(12-22)24-27;1-2/h2-6,11H,7-10,13H2,1H3;1-2H3. The van der Waals surface area contributed by atoms with Gasteiger partial charge < -0.3 is 14.5 Å². The van der Waals surface area contributed by atoms with E-state index in [2.05, 4.69) is 21.1 Å². The van der Waals surface area contributed by atoms with Crippen LogP contribution in [0, 0.1) is 11.3 Å². The SMILES string of the molecule is CC.COc1cc(N2CCN(C(=O)Cn3nc(C#N)c4cccnc43)CC2)ccc1Cl. The van der Waals surface area contributed by atoms with E-state index in [4.69, 9.17) is 16.3 Å². The molecule has 0 unspecified atom stereocenters. The number of fused-ring (bicyclic) bond motifs is 1. The van der Waals surface area contributed by atoms with Gasteiger partial charge in [0.1, 0.15) is 18.4 Å². The predicted octanol–water partition coefficient (Wildman–Crippen LogP) is 3.34. The molecule has 0 bridgehead atoms. The first kappa shape index (κ1) is 22.4. The number of anilines is 1. The van der Waals surface area contributed by atoms with Gasteiger partial charge in [-0.2, -0.15) is 10.4 Å². The van der Waals surface area contributed by atoms with Gasteiger partial charge in [0, 0.05) is 44.1 Å². The molecule has 31 heavy (non-hydrogen) atoms. The fourth-order valence-corrected chi connectivity index (χ4v) is 3.68. The number of halogens is 1. The first-order valence-electron chi connectivity index (χ1n) is 10.2. The lowest BCUT2D eigenvalue weighted by molar-refractivity contribution is -0.132. The van der Waals surface area contributed by atoms with Gasteiger partial charge in [0.05, 0.1) is 17.5 Å². The molecule has 0 radical (unpaired) electrons. The monoisotopic (exact) mass is 440 g/mol. The summed E-state index contributed by atoms with van der Waals surface area (Å²) in [5, 5.41) is 14.7.